The molecule has 3 heterocycles. The van der Waals surface area contributed by atoms with Gasteiger partial charge in [0.1, 0.15) is 17.2 Å². The number of rotatable bonds is 9. The molecule has 220 valence electrons. The number of piperidine rings is 1. The van der Waals surface area contributed by atoms with E-state index in [-0.39, 0.29) is 28.6 Å². The number of pyridine rings is 1. The maximum absolute atomic E-state index is 13.6. The number of benzene rings is 1. The number of ether oxygens (including phenoxy) is 2. The molecule has 2 aliphatic heterocycles. The summed E-state index contributed by atoms with van der Waals surface area (Å²) >= 11 is 0. The first-order valence-electron chi connectivity index (χ1n) is 14.6. The Labute approximate surface area is 239 Å². The second kappa shape index (κ2) is 9.37. The maximum Gasteiger partial charge on any atom is 0.410 e. The molecule has 41 heavy (non-hydrogen) atoms. The van der Waals surface area contributed by atoms with Gasteiger partial charge in [0.15, 0.2) is 0 Å². The summed E-state index contributed by atoms with van der Waals surface area (Å²) < 4.78 is 57.7. The lowest BCUT2D eigenvalue weighted by Crippen LogP contribution is -2.76. The highest BCUT2D eigenvalue weighted by Gasteiger charge is 2.74. The van der Waals surface area contributed by atoms with Gasteiger partial charge in [-0.2, -0.15) is 8.42 Å². The van der Waals surface area contributed by atoms with Crippen LogP contribution in [0.4, 0.5) is 9.18 Å². The van der Waals surface area contributed by atoms with Crippen molar-refractivity contribution < 1.29 is 31.6 Å². The number of likely N-dealkylation sites (tertiary alicyclic amines) is 1. The van der Waals surface area contributed by atoms with E-state index in [1.54, 1.807) is 6.07 Å². The van der Waals surface area contributed by atoms with Crippen LogP contribution in [-0.2, 0) is 21.4 Å². The van der Waals surface area contributed by atoms with E-state index < -0.39 is 15.7 Å². The number of amides is 1. The van der Waals surface area contributed by atoms with Gasteiger partial charge in [0.05, 0.1) is 30.8 Å². The van der Waals surface area contributed by atoms with Crippen LogP contribution in [0.2, 0.25) is 0 Å². The van der Waals surface area contributed by atoms with E-state index in [0.717, 1.165) is 67.9 Å². The minimum Gasteiger partial charge on any atom is -0.494 e. The molecule has 6 aliphatic rings. The molecule has 2 saturated heterocycles. The first-order chi connectivity index (χ1) is 19.5. The number of hydrogen-bond acceptors (Lipinski definition) is 7. The monoisotopic (exact) mass is 585 g/mol. The van der Waals surface area contributed by atoms with Crippen molar-refractivity contribution in [2.75, 3.05) is 32.0 Å². The minimum atomic E-state index is -4.02. The largest absolute Gasteiger partial charge is 0.494 e. The number of nitrogens with zero attached hydrogens (tertiary/aromatic N) is 3. The van der Waals surface area contributed by atoms with Crippen molar-refractivity contribution >= 4 is 16.2 Å². The highest BCUT2D eigenvalue weighted by atomic mass is 32.2. The lowest BCUT2D eigenvalue weighted by Gasteiger charge is -2.72. The fraction of sp³-hybridized carbons (Fsp3) is 0.600. The number of halogens is 1. The molecule has 1 spiro atoms. The van der Waals surface area contributed by atoms with Gasteiger partial charge in [0, 0.05) is 49.1 Å². The standard InChI is InChI=1S/C30H36FN3O6S/c1-2-39-26-12-24(25-6-5-22(31)13-32-25)23(20-3-4-20)11-21(26)14-33-9-7-30(8-10-33)18-34(27(35)40-30)29-15-28(16-29,17-29)19-41(36,37)38/h5-6,11-13,20H,2-4,7-10,14-19H2,1H3,(H,36,37,38). The summed E-state index contributed by atoms with van der Waals surface area (Å²) in [4.78, 5) is 21.5. The molecular formula is C30H36FN3O6S. The Morgan fingerprint density at radius 1 is 1.17 bits per heavy atom. The van der Waals surface area contributed by atoms with E-state index in [1.807, 2.05) is 11.8 Å². The molecule has 2 aromatic rings. The SMILES string of the molecule is CCOc1cc(-c2ccc(F)cn2)c(C2CC2)cc1CN1CCC2(CC1)CN(C13CC(CS(=O)(=O)O)(C1)C3)C(=O)O2. The molecule has 1 amide bonds. The van der Waals surface area contributed by atoms with Crippen molar-refractivity contribution in [3.8, 4) is 17.0 Å². The third-order valence-electron chi connectivity index (χ3n) is 9.86. The highest BCUT2D eigenvalue weighted by molar-refractivity contribution is 7.85. The van der Waals surface area contributed by atoms with Crippen LogP contribution < -0.4 is 4.74 Å². The quantitative estimate of drug-likeness (QED) is 0.420. The Balaban J connectivity index is 1.03. The minimum absolute atomic E-state index is 0.224. The van der Waals surface area contributed by atoms with E-state index in [1.165, 1.54) is 17.8 Å². The van der Waals surface area contributed by atoms with Gasteiger partial charge in [0.25, 0.3) is 10.1 Å². The summed E-state index contributed by atoms with van der Waals surface area (Å²) in [5.41, 5.74) is 2.91. The molecule has 1 aromatic heterocycles. The van der Waals surface area contributed by atoms with Crippen LogP contribution in [-0.4, -0.2) is 77.0 Å². The third-order valence-corrected chi connectivity index (χ3v) is 10.8. The number of carbonyl (C=O) groups excluding carboxylic acids is 1. The fourth-order valence-electron chi connectivity index (χ4n) is 7.92. The van der Waals surface area contributed by atoms with Crippen molar-refractivity contribution in [1.82, 2.24) is 14.8 Å². The molecule has 1 N–H and O–H groups in total. The summed E-state index contributed by atoms with van der Waals surface area (Å²) in [5.74, 6) is 0.721. The van der Waals surface area contributed by atoms with Crippen LogP contribution in [0.3, 0.4) is 0 Å². The van der Waals surface area contributed by atoms with Crippen LogP contribution in [0.15, 0.2) is 30.5 Å². The Morgan fingerprint density at radius 3 is 2.51 bits per heavy atom. The third kappa shape index (κ3) is 4.89. The molecule has 11 heteroatoms. The smallest absolute Gasteiger partial charge is 0.410 e. The molecule has 0 unspecified atom stereocenters. The topological polar surface area (TPSA) is 109 Å². The zero-order chi connectivity index (χ0) is 28.6. The van der Waals surface area contributed by atoms with Gasteiger partial charge in [-0.05, 0) is 80.2 Å². The van der Waals surface area contributed by atoms with E-state index in [9.17, 15) is 22.2 Å². The predicted octanol–water partition coefficient (Wildman–Crippen LogP) is 4.76. The van der Waals surface area contributed by atoms with Crippen LogP contribution in [0.1, 0.15) is 68.9 Å². The van der Waals surface area contributed by atoms with Gasteiger partial charge in [-0.25, -0.2) is 9.18 Å². The Kier molecular flexibility index (Phi) is 6.19. The Morgan fingerprint density at radius 2 is 1.90 bits per heavy atom. The van der Waals surface area contributed by atoms with E-state index in [0.29, 0.717) is 38.3 Å². The molecule has 4 aliphatic carbocycles. The zero-order valence-corrected chi connectivity index (χ0v) is 24.1. The van der Waals surface area contributed by atoms with Gasteiger partial charge in [0.2, 0.25) is 0 Å². The molecular weight excluding hydrogens is 549 g/mol. The van der Waals surface area contributed by atoms with E-state index in [2.05, 4.69) is 22.0 Å². The molecule has 0 radical (unpaired) electrons. The van der Waals surface area contributed by atoms with E-state index in [4.69, 9.17) is 9.47 Å². The van der Waals surface area contributed by atoms with Gasteiger partial charge >= 0.3 is 6.09 Å². The van der Waals surface area contributed by atoms with Gasteiger partial charge in [-0.15, -0.1) is 0 Å². The summed E-state index contributed by atoms with van der Waals surface area (Å²) in [7, 11) is -4.02. The number of aromatic nitrogens is 1. The lowest BCUT2D eigenvalue weighted by atomic mass is 9.39. The Hall–Kier alpha value is -2.76. The normalized spacial score (nSPS) is 28.8. The summed E-state index contributed by atoms with van der Waals surface area (Å²) in [6.45, 7) is 5.34. The van der Waals surface area contributed by atoms with Crippen molar-refractivity contribution in [3.05, 3.63) is 47.4 Å². The Bertz CT molecular complexity index is 1460. The first kappa shape index (κ1) is 27.1. The van der Waals surface area contributed by atoms with Crippen LogP contribution in [0.25, 0.3) is 11.3 Å². The molecule has 8 rings (SSSR count). The number of hydrogen-bond donors (Lipinski definition) is 1. The van der Waals surface area contributed by atoms with Gasteiger partial charge in [-0.3, -0.25) is 19.3 Å². The van der Waals surface area contributed by atoms with Crippen molar-refractivity contribution in [3.63, 3.8) is 0 Å². The molecule has 6 fully saturated rings. The van der Waals surface area contributed by atoms with Gasteiger partial charge < -0.3 is 9.47 Å². The van der Waals surface area contributed by atoms with Crippen molar-refractivity contribution in [2.45, 2.75) is 75.5 Å². The zero-order valence-electron chi connectivity index (χ0n) is 23.3. The van der Waals surface area contributed by atoms with Crippen molar-refractivity contribution in [1.29, 1.82) is 0 Å². The lowest BCUT2D eigenvalue weighted by molar-refractivity contribution is -0.187. The highest BCUT2D eigenvalue weighted by Crippen LogP contribution is 2.71. The predicted molar refractivity (Wildman–Crippen MR) is 149 cm³/mol. The molecule has 0 atom stereocenters. The summed E-state index contributed by atoms with van der Waals surface area (Å²) in [6, 6.07) is 7.48. The first-order valence-corrected chi connectivity index (χ1v) is 16.2. The average Bonchev–Trinajstić information content (AvgIpc) is 3.67. The average molecular weight is 586 g/mol. The molecule has 4 saturated carbocycles. The van der Waals surface area contributed by atoms with Gasteiger partial charge in [-0.1, -0.05) is 0 Å². The second-order valence-corrected chi connectivity index (χ2v) is 14.5. The molecule has 1 aromatic carbocycles. The number of carbonyl (C=O) groups is 1. The summed E-state index contributed by atoms with van der Waals surface area (Å²) in [6.07, 6.45) is 6.54. The van der Waals surface area contributed by atoms with Crippen molar-refractivity contribution in [2.24, 2.45) is 5.41 Å². The van der Waals surface area contributed by atoms with E-state index >= 15 is 0 Å². The van der Waals surface area contributed by atoms with Crippen LogP contribution >= 0.6 is 0 Å². The maximum atomic E-state index is 13.6. The molecule has 2 bridgehead atoms. The summed E-state index contributed by atoms with van der Waals surface area (Å²) in [5, 5.41) is 0. The molecule has 9 nitrogen and oxygen atoms in total. The fourth-order valence-corrected chi connectivity index (χ4v) is 9.00. The van der Waals surface area contributed by atoms with Crippen LogP contribution in [0.5, 0.6) is 5.75 Å². The van der Waals surface area contributed by atoms with Crippen LogP contribution in [0, 0.1) is 11.2 Å². The second-order valence-electron chi connectivity index (χ2n) is 13.0.